The van der Waals surface area contributed by atoms with Crippen molar-refractivity contribution in [1.29, 1.82) is 0 Å². The number of aryl methyl sites for hydroxylation is 1. The number of benzene rings is 2. The number of nitrogens with zero attached hydrogens (tertiary/aromatic N) is 3. The normalized spacial score (nSPS) is 12.5. The van der Waals surface area contributed by atoms with Gasteiger partial charge in [-0.05, 0) is 58.6 Å². The number of hydrogen-bond donors (Lipinski definition) is 0. The van der Waals surface area contributed by atoms with Gasteiger partial charge in [0.15, 0.2) is 8.32 Å². The minimum Gasteiger partial charge on any atom is -0.434 e. The van der Waals surface area contributed by atoms with E-state index in [-0.39, 0.29) is 12.3 Å². The smallest absolute Gasteiger partial charge is 0.387 e. The molecule has 0 amide bonds. The summed E-state index contributed by atoms with van der Waals surface area (Å²) in [5.41, 5.74) is 2.94. The van der Waals surface area contributed by atoms with E-state index < -0.39 is 26.3 Å². The van der Waals surface area contributed by atoms with E-state index in [9.17, 15) is 8.78 Å². The molecule has 0 fully saturated rings. The highest BCUT2D eigenvalue weighted by atomic mass is 28.4. The number of hydrogen-bond acceptors (Lipinski definition) is 4. The van der Waals surface area contributed by atoms with Crippen molar-refractivity contribution in [2.75, 3.05) is 0 Å². The van der Waals surface area contributed by atoms with Crippen LogP contribution in [0.1, 0.15) is 30.9 Å². The molecule has 0 atom stereocenters. The van der Waals surface area contributed by atoms with Crippen LogP contribution in [0.5, 0.6) is 5.75 Å². The Morgan fingerprint density at radius 3 is 2.42 bits per heavy atom. The maximum absolute atomic E-state index is 15.1. The largest absolute Gasteiger partial charge is 0.434 e. The van der Waals surface area contributed by atoms with E-state index in [1.54, 1.807) is 37.4 Å². The Morgan fingerprint density at radius 1 is 1.06 bits per heavy atom. The first kappa shape index (κ1) is 25.9. The van der Waals surface area contributed by atoms with E-state index >= 15 is 4.39 Å². The molecule has 0 saturated heterocycles. The summed E-state index contributed by atoms with van der Waals surface area (Å²) in [6, 6.07) is 13.4. The van der Waals surface area contributed by atoms with Crippen molar-refractivity contribution in [3.63, 3.8) is 0 Å². The highest BCUT2D eigenvalue weighted by Crippen LogP contribution is 2.32. The number of imidazole rings is 1. The average Bonchev–Trinajstić information content (AvgIpc) is 3.06. The second-order valence-corrected chi connectivity index (χ2v) is 14.6. The summed E-state index contributed by atoms with van der Waals surface area (Å²) in [5, 5.41) is 0. The second-order valence-electron chi connectivity index (χ2n) is 10.2. The molecule has 0 unspecified atom stereocenters. The van der Waals surface area contributed by atoms with E-state index in [1.165, 1.54) is 12.1 Å². The predicted molar refractivity (Wildman–Crippen MR) is 137 cm³/mol. The summed E-state index contributed by atoms with van der Waals surface area (Å²) in [4.78, 5) is 9.07. The zero-order valence-electron chi connectivity index (χ0n) is 21.3. The van der Waals surface area contributed by atoms with Crippen molar-refractivity contribution in [3.8, 4) is 16.9 Å². The number of pyridine rings is 1. The third-order valence-electron chi connectivity index (χ3n) is 5.80. The van der Waals surface area contributed by atoms with E-state index in [0.717, 1.165) is 5.69 Å². The first-order chi connectivity index (χ1) is 16.8. The molecule has 0 aliphatic heterocycles. The molecule has 4 rings (SSSR count). The molecule has 9 heteroatoms. The van der Waals surface area contributed by atoms with Crippen LogP contribution < -0.4 is 4.74 Å². The SMILES string of the molecule is Cc1nc2cc(F)c(-c3ccc(C(C)(C)O[Si](C)(C)C)nc3)cc2n1Cc1ccccc1OC(F)F. The lowest BCUT2D eigenvalue weighted by atomic mass is 10.0. The summed E-state index contributed by atoms with van der Waals surface area (Å²) in [7, 11) is -1.80. The van der Waals surface area contributed by atoms with Crippen molar-refractivity contribution in [1.82, 2.24) is 14.5 Å². The molecule has 2 aromatic heterocycles. The van der Waals surface area contributed by atoms with Gasteiger partial charge in [-0.1, -0.05) is 24.3 Å². The van der Waals surface area contributed by atoms with E-state index in [2.05, 4.69) is 34.3 Å². The van der Waals surface area contributed by atoms with Gasteiger partial charge in [0.25, 0.3) is 0 Å². The lowest BCUT2D eigenvalue weighted by Crippen LogP contribution is -2.37. The fraction of sp³-hybridized carbons (Fsp3) is 0.333. The number of para-hydroxylation sites is 1. The third-order valence-corrected chi connectivity index (χ3v) is 6.92. The molecule has 0 aliphatic rings. The highest BCUT2D eigenvalue weighted by Gasteiger charge is 2.30. The molecular formula is C27H30F3N3O2Si. The minimum atomic E-state index is -2.93. The summed E-state index contributed by atoms with van der Waals surface area (Å²) < 4.78 is 53.7. The van der Waals surface area contributed by atoms with Crippen LogP contribution in [0.3, 0.4) is 0 Å². The van der Waals surface area contributed by atoms with Gasteiger partial charge in [-0.3, -0.25) is 4.98 Å². The van der Waals surface area contributed by atoms with Crippen molar-refractivity contribution in [2.45, 2.75) is 59.2 Å². The molecule has 5 nitrogen and oxygen atoms in total. The molecular weight excluding hydrogens is 483 g/mol. The topological polar surface area (TPSA) is 49.2 Å². The van der Waals surface area contributed by atoms with Gasteiger partial charge in [-0.15, -0.1) is 0 Å². The molecule has 0 spiro atoms. The highest BCUT2D eigenvalue weighted by molar-refractivity contribution is 6.69. The van der Waals surface area contributed by atoms with Gasteiger partial charge in [0.2, 0.25) is 0 Å². The Balaban J connectivity index is 1.71. The summed E-state index contributed by atoms with van der Waals surface area (Å²) in [5.74, 6) is 0.312. The van der Waals surface area contributed by atoms with E-state index in [0.29, 0.717) is 33.5 Å². The van der Waals surface area contributed by atoms with Gasteiger partial charge in [-0.25, -0.2) is 9.37 Å². The monoisotopic (exact) mass is 513 g/mol. The first-order valence-electron chi connectivity index (χ1n) is 11.7. The fourth-order valence-electron chi connectivity index (χ4n) is 4.43. The maximum atomic E-state index is 15.1. The molecule has 0 saturated carbocycles. The molecule has 2 aromatic carbocycles. The molecule has 0 aliphatic carbocycles. The zero-order valence-corrected chi connectivity index (χ0v) is 22.3. The first-order valence-corrected chi connectivity index (χ1v) is 15.1. The Labute approximate surface area is 210 Å². The molecule has 36 heavy (non-hydrogen) atoms. The zero-order chi connectivity index (χ0) is 26.3. The van der Waals surface area contributed by atoms with Gasteiger partial charge >= 0.3 is 6.61 Å². The van der Waals surface area contributed by atoms with Crippen LogP contribution >= 0.6 is 0 Å². The van der Waals surface area contributed by atoms with E-state index in [1.807, 2.05) is 30.5 Å². The Bertz CT molecular complexity index is 1380. The maximum Gasteiger partial charge on any atom is 0.387 e. The number of fused-ring (bicyclic) bond motifs is 1. The van der Waals surface area contributed by atoms with Crippen molar-refractivity contribution in [2.24, 2.45) is 0 Å². The van der Waals surface area contributed by atoms with Crippen LogP contribution in [0, 0.1) is 12.7 Å². The Hall–Kier alpha value is -3.17. The quantitative estimate of drug-likeness (QED) is 0.232. The van der Waals surface area contributed by atoms with Gasteiger partial charge < -0.3 is 13.7 Å². The lowest BCUT2D eigenvalue weighted by molar-refractivity contribution is -0.0504. The lowest BCUT2D eigenvalue weighted by Gasteiger charge is -2.32. The second kappa shape index (κ2) is 9.70. The molecule has 0 N–H and O–H groups in total. The van der Waals surface area contributed by atoms with Crippen LogP contribution in [0.4, 0.5) is 13.2 Å². The molecule has 0 bridgehead atoms. The number of aromatic nitrogens is 3. The molecule has 190 valence electrons. The Kier molecular flexibility index (Phi) is 6.98. The van der Waals surface area contributed by atoms with Crippen LogP contribution in [0.15, 0.2) is 54.7 Å². The summed E-state index contributed by atoms with van der Waals surface area (Å²) >= 11 is 0. The van der Waals surface area contributed by atoms with Crippen LogP contribution in [-0.4, -0.2) is 29.5 Å². The van der Waals surface area contributed by atoms with Gasteiger partial charge in [0, 0.05) is 29.0 Å². The summed E-state index contributed by atoms with van der Waals surface area (Å²) in [6.45, 7) is 9.45. The van der Waals surface area contributed by atoms with Gasteiger partial charge in [0.05, 0.1) is 28.9 Å². The van der Waals surface area contributed by atoms with Crippen LogP contribution in [-0.2, 0) is 16.6 Å². The third kappa shape index (κ3) is 5.62. The van der Waals surface area contributed by atoms with Crippen molar-refractivity contribution < 1.29 is 22.3 Å². The van der Waals surface area contributed by atoms with Gasteiger partial charge in [0.1, 0.15) is 17.4 Å². The fourth-order valence-corrected chi connectivity index (χ4v) is 6.07. The van der Waals surface area contributed by atoms with Crippen molar-refractivity contribution in [3.05, 3.63) is 77.6 Å². The van der Waals surface area contributed by atoms with Crippen molar-refractivity contribution >= 4 is 19.4 Å². The number of alkyl halides is 2. The number of rotatable bonds is 8. The number of ether oxygens (including phenoxy) is 1. The van der Waals surface area contributed by atoms with Gasteiger partial charge in [-0.2, -0.15) is 8.78 Å². The number of halogens is 3. The van der Waals surface area contributed by atoms with E-state index in [4.69, 9.17) is 4.43 Å². The Morgan fingerprint density at radius 2 is 1.78 bits per heavy atom. The molecule has 4 aromatic rings. The standard InChI is InChI=1S/C27H30F3N3O2Si/c1-17-32-22-14-21(28)20(18-11-12-25(31-15-18)27(2,3)35-36(4,5)6)13-23(22)33(17)16-19-9-7-8-10-24(19)34-26(29)30/h7-15,26H,16H2,1-6H3. The average molecular weight is 514 g/mol. The van der Waals surface area contributed by atoms with Crippen LogP contribution in [0.25, 0.3) is 22.2 Å². The summed E-state index contributed by atoms with van der Waals surface area (Å²) in [6.07, 6.45) is 1.65. The molecule has 0 radical (unpaired) electrons. The minimum absolute atomic E-state index is 0.0963. The molecule has 2 heterocycles. The predicted octanol–water partition coefficient (Wildman–Crippen LogP) is 7.28. The van der Waals surface area contributed by atoms with Crippen LogP contribution in [0.2, 0.25) is 19.6 Å².